The van der Waals surface area contributed by atoms with Crippen LogP contribution in [0.2, 0.25) is 0 Å². The number of rotatable bonds is 8. The van der Waals surface area contributed by atoms with Gasteiger partial charge in [0.05, 0.1) is 45.2 Å². The average molecular weight is 238 g/mol. The number of hydrogen-bond donors (Lipinski definition) is 3. The third-order valence-corrected chi connectivity index (χ3v) is 1.67. The molecule has 0 aliphatic rings. The van der Waals surface area contributed by atoms with Gasteiger partial charge in [0.1, 0.15) is 0 Å². The summed E-state index contributed by atoms with van der Waals surface area (Å²) in [4.78, 5) is 0. The van der Waals surface area contributed by atoms with Gasteiger partial charge in [-0.1, -0.05) is 6.92 Å². The molecule has 2 atom stereocenters. The molecule has 0 heterocycles. The lowest BCUT2D eigenvalue weighted by Crippen LogP contribution is -2.18. The quantitative estimate of drug-likeness (QED) is 0.525. The second-order valence-corrected chi connectivity index (χ2v) is 3.46. The van der Waals surface area contributed by atoms with Crippen molar-refractivity contribution in [3.05, 3.63) is 0 Å². The highest BCUT2D eigenvalue weighted by Crippen LogP contribution is 1.90. The molecular weight excluding hydrogens is 212 g/mol. The summed E-state index contributed by atoms with van der Waals surface area (Å²) >= 11 is 0. The van der Waals surface area contributed by atoms with Crippen LogP contribution < -0.4 is 0 Å². The van der Waals surface area contributed by atoms with Gasteiger partial charge in [-0.3, -0.25) is 0 Å². The Balaban J connectivity index is 0. The summed E-state index contributed by atoms with van der Waals surface area (Å²) < 4.78 is 10.1. The lowest BCUT2D eigenvalue weighted by atomic mass is 10.3. The maximum absolute atomic E-state index is 8.38. The third-order valence-electron chi connectivity index (χ3n) is 1.67. The van der Waals surface area contributed by atoms with E-state index >= 15 is 0 Å². The van der Waals surface area contributed by atoms with E-state index in [1.54, 1.807) is 6.92 Å². The van der Waals surface area contributed by atoms with E-state index in [4.69, 9.17) is 24.8 Å². The van der Waals surface area contributed by atoms with E-state index in [-0.39, 0.29) is 25.4 Å². The lowest BCUT2D eigenvalue weighted by molar-refractivity contribution is -0.0246. The maximum Gasteiger partial charge on any atom is 0.0781 e. The Morgan fingerprint density at radius 3 is 1.94 bits per heavy atom. The predicted molar refractivity (Wildman–Crippen MR) is 62.4 cm³/mol. The number of aliphatic hydroxyl groups is 3. The van der Waals surface area contributed by atoms with Crippen LogP contribution in [-0.4, -0.2) is 60.6 Å². The highest BCUT2D eigenvalue weighted by molar-refractivity contribution is 4.46. The Bertz CT molecular complexity index is 119. The molecule has 0 saturated carbocycles. The molecule has 0 fully saturated rings. The van der Waals surface area contributed by atoms with Crippen molar-refractivity contribution < 1.29 is 24.8 Å². The monoisotopic (exact) mass is 238 g/mol. The van der Waals surface area contributed by atoms with E-state index in [1.165, 1.54) is 0 Å². The van der Waals surface area contributed by atoms with E-state index in [1.807, 2.05) is 13.8 Å². The summed E-state index contributed by atoms with van der Waals surface area (Å²) in [6, 6.07) is 0. The normalized spacial score (nSPS) is 13.9. The average Bonchev–Trinajstić information content (AvgIpc) is 2.27. The zero-order valence-electron chi connectivity index (χ0n) is 10.6. The van der Waals surface area contributed by atoms with Gasteiger partial charge < -0.3 is 24.8 Å². The Labute approximate surface area is 98.0 Å². The summed E-state index contributed by atoms with van der Waals surface area (Å²) in [6.07, 6.45) is 0.726. The van der Waals surface area contributed by atoms with Gasteiger partial charge in [-0.25, -0.2) is 0 Å². The molecule has 0 bridgehead atoms. The van der Waals surface area contributed by atoms with E-state index in [2.05, 4.69) is 0 Å². The Morgan fingerprint density at radius 1 is 1.06 bits per heavy atom. The van der Waals surface area contributed by atoms with Crippen LogP contribution in [0.4, 0.5) is 0 Å². The minimum Gasteiger partial charge on any atom is -0.394 e. The third kappa shape index (κ3) is 19.4. The van der Waals surface area contributed by atoms with Crippen LogP contribution in [0.3, 0.4) is 0 Å². The van der Waals surface area contributed by atoms with Crippen molar-refractivity contribution in [2.45, 2.75) is 39.4 Å². The van der Waals surface area contributed by atoms with Crippen LogP contribution in [0.5, 0.6) is 0 Å². The molecule has 2 unspecified atom stereocenters. The molecule has 5 nitrogen and oxygen atoms in total. The van der Waals surface area contributed by atoms with Gasteiger partial charge in [0.2, 0.25) is 0 Å². The molecule has 0 amide bonds. The standard InChI is InChI=1S/C7H16O4.C4H10O/c1-7(11-5-3-9)6-10-4-2-8;1-3-4(2)5/h7-9H,2-6H2,1H3;4-5H,3H2,1-2H3. The van der Waals surface area contributed by atoms with E-state index < -0.39 is 0 Å². The largest absolute Gasteiger partial charge is 0.394 e. The number of hydrogen-bond acceptors (Lipinski definition) is 5. The van der Waals surface area contributed by atoms with Crippen LogP contribution in [0.1, 0.15) is 27.2 Å². The van der Waals surface area contributed by atoms with Gasteiger partial charge >= 0.3 is 0 Å². The SMILES string of the molecule is CC(COCCO)OCCO.CCC(C)O. The van der Waals surface area contributed by atoms with Gasteiger partial charge in [0, 0.05) is 0 Å². The molecule has 0 rings (SSSR count). The molecule has 0 aromatic heterocycles. The minimum atomic E-state index is -0.116. The molecule has 0 aromatic carbocycles. The zero-order valence-corrected chi connectivity index (χ0v) is 10.6. The van der Waals surface area contributed by atoms with Crippen LogP contribution in [0.25, 0.3) is 0 Å². The fraction of sp³-hybridized carbons (Fsp3) is 1.00. The van der Waals surface area contributed by atoms with Crippen molar-refractivity contribution in [1.82, 2.24) is 0 Å². The van der Waals surface area contributed by atoms with Crippen molar-refractivity contribution >= 4 is 0 Å². The molecule has 100 valence electrons. The van der Waals surface area contributed by atoms with Crippen LogP contribution >= 0.6 is 0 Å². The van der Waals surface area contributed by atoms with E-state index in [9.17, 15) is 0 Å². The van der Waals surface area contributed by atoms with Gasteiger partial charge in [-0.05, 0) is 20.3 Å². The molecule has 0 spiro atoms. The van der Waals surface area contributed by atoms with Crippen LogP contribution in [-0.2, 0) is 9.47 Å². The summed E-state index contributed by atoms with van der Waals surface area (Å²) in [5, 5.41) is 25.1. The number of ether oxygens (including phenoxy) is 2. The second-order valence-electron chi connectivity index (χ2n) is 3.46. The highest BCUT2D eigenvalue weighted by Gasteiger charge is 2.00. The smallest absolute Gasteiger partial charge is 0.0781 e. The predicted octanol–water partition coefficient (Wildman–Crippen LogP) is 0.170. The Hall–Kier alpha value is -0.200. The molecular formula is C11H26O5. The maximum atomic E-state index is 8.38. The topological polar surface area (TPSA) is 79.2 Å². The first-order valence-corrected chi connectivity index (χ1v) is 5.67. The molecule has 3 N–H and O–H groups in total. The summed E-state index contributed by atoms with van der Waals surface area (Å²) in [7, 11) is 0. The Kier molecular flexibility index (Phi) is 16.8. The molecule has 0 saturated heterocycles. The van der Waals surface area contributed by atoms with Gasteiger partial charge in [-0.15, -0.1) is 0 Å². The second kappa shape index (κ2) is 14.8. The molecule has 0 radical (unpaired) electrons. The fourth-order valence-corrected chi connectivity index (χ4v) is 0.616. The highest BCUT2D eigenvalue weighted by atomic mass is 16.5. The molecule has 0 aromatic rings. The van der Waals surface area contributed by atoms with E-state index in [0.29, 0.717) is 19.8 Å². The zero-order chi connectivity index (χ0) is 12.8. The molecule has 0 aliphatic heterocycles. The first-order valence-electron chi connectivity index (χ1n) is 5.67. The van der Waals surface area contributed by atoms with Crippen molar-refractivity contribution in [3.8, 4) is 0 Å². The van der Waals surface area contributed by atoms with Crippen molar-refractivity contribution in [2.75, 3.05) is 33.0 Å². The van der Waals surface area contributed by atoms with Gasteiger partial charge in [-0.2, -0.15) is 0 Å². The van der Waals surface area contributed by atoms with Crippen LogP contribution in [0.15, 0.2) is 0 Å². The van der Waals surface area contributed by atoms with E-state index in [0.717, 1.165) is 6.42 Å². The first kappa shape index (κ1) is 18.2. The molecule has 16 heavy (non-hydrogen) atoms. The number of aliphatic hydroxyl groups excluding tert-OH is 3. The summed E-state index contributed by atoms with van der Waals surface area (Å²) in [5.41, 5.74) is 0. The minimum absolute atomic E-state index is 0.0197. The van der Waals surface area contributed by atoms with Crippen molar-refractivity contribution in [2.24, 2.45) is 0 Å². The summed E-state index contributed by atoms with van der Waals surface area (Å²) in [6.45, 7) is 6.78. The molecule has 0 aliphatic carbocycles. The Morgan fingerprint density at radius 2 is 1.56 bits per heavy atom. The lowest BCUT2D eigenvalue weighted by Gasteiger charge is -2.11. The summed E-state index contributed by atoms with van der Waals surface area (Å²) in [5.74, 6) is 0. The first-order chi connectivity index (χ1) is 7.58. The van der Waals surface area contributed by atoms with Crippen molar-refractivity contribution in [3.63, 3.8) is 0 Å². The van der Waals surface area contributed by atoms with Crippen LogP contribution in [0, 0.1) is 0 Å². The fourth-order valence-electron chi connectivity index (χ4n) is 0.616. The van der Waals surface area contributed by atoms with Gasteiger partial charge in [0.15, 0.2) is 0 Å². The van der Waals surface area contributed by atoms with Crippen molar-refractivity contribution in [1.29, 1.82) is 0 Å². The molecule has 5 heteroatoms. The van der Waals surface area contributed by atoms with Gasteiger partial charge in [0.25, 0.3) is 0 Å².